The van der Waals surface area contributed by atoms with Crippen LogP contribution >= 0.6 is 11.3 Å². The van der Waals surface area contributed by atoms with Gasteiger partial charge < -0.3 is 15.6 Å². The van der Waals surface area contributed by atoms with Crippen LogP contribution < -0.4 is 10.6 Å². The standard InChI is InChI=1S/C17H17N3O2S/c1-18-16(21)14(20-17(22)15-7-4-8-23-15)9-11-10-19-13-6-3-2-5-12(11)13/h2-8,10,14,19H,9H2,1H3,(H,18,21)(H,20,22). The fourth-order valence-electron chi connectivity index (χ4n) is 2.54. The van der Waals surface area contributed by atoms with Crippen molar-refractivity contribution in [2.75, 3.05) is 7.05 Å². The van der Waals surface area contributed by atoms with Gasteiger partial charge in [0.1, 0.15) is 6.04 Å². The van der Waals surface area contributed by atoms with Crippen LogP contribution in [0.4, 0.5) is 0 Å². The maximum Gasteiger partial charge on any atom is 0.262 e. The minimum absolute atomic E-state index is 0.208. The second kappa shape index (κ2) is 6.66. The first kappa shape index (κ1) is 15.3. The van der Waals surface area contributed by atoms with Gasteiger partial charge in [0.15, 0.2) is 0 Å². The van der Waals surface area contributed by atoms with Crippen molar-refractivity contribution in [3.05, 3.63) is 58.4 Å². The molecule has 0 aliphatic rings. The molecule has 3 rings (SSSR count). The molecule has 1 atom stereocenters. The number of para-hydroxylation sites is 1. The Bertz CT molecular complexity index is 823. The number of benzene rings is 1. The minimum atomic E-state index is -0.617. The summed E-state index contributed by atoms with van der Waals surface area (Å²) in [5, 5.41) is 8.33. The van der Waals surface area contributed by atoms with Crippen molar-refractivity contribution < 1.29 is 9.59 Å². The number of carbonyl (C=O) groups is 2. The molecule has 0 radical (unpaired) electrons. The minimum Gasteiger partial charge on any atom is -0.361 e. The third-order valence-corrected chi connectivity index (χ3v) is 4.58. The highest BCUT2D eigenvalue weighted by Crippen LogP contribution is 2.19. The normalized spacial score (nSPS) is 12.0. The van der Waals surface area contributed by atoms with Crippen LogP contribution in [0.3, 0.4) is 0 Å². The fraction of sp³-hybridized carbons (Fsp3) is 0.176. The van der Waals surface area contributed by atoms with Crippen LogP contribution in [0.25, 0.3) is 10.9 Å². The summed E-state index contributed by atoms with van der Waals surface area (Å²) >= 11 is 1.35. The molecule has 3 aromatic rings. The van der Waals surface area contributed by atoms with E-state index in [0.717, 1.165) is 16.5 Å². The van der Waals surface area contributed by atoms with E-state index >= 15 is 0 Å². The Hall–Kier alpha value is -2.60. The summed E-state index contributed by atoms with van der Waals surface area (Å²) in [5.41, 5.74) is 2.02. The van der Waals surface area contributed by atoms with E-state index in [-0.39, 0.29) is 11.8 Å². The Morgan fingerprint density at radius 1 is 1.22 bits per heavy atom. The highest BCUT2D eigenvalue weighted by molar-refractivity contribution is 7.12. The fourth-order valence-corrected chi connectivity index (χ4v) is 3.17. The molecule has 2 aromatic heterocycles. The lowest BCUT2D eigenvalue weighted by atomic mass is 10.0. The summed E-state index contributed by atoms with van der Waals surface area (Å²) in [7, 11) is 1.57. The van der Waals surface area contributed by atoms with E-state index in [2.05, 4.69) is 15.6 Å². The molecule has 118 valence electrons. The lowest BCUT2D eigenvalue weighted by Crippen LogP contribution is -2.46. The maximum atomic E-state index is 12.2. The molecule has 1 aromatic carbocycles. The van der Waals surface area contributed by atoms with Gasteiger partial charge in [-0.25, -0.2) is 0 Å². The van der Waals surface area contributed by atoms with Crippen LogP contribution in [-0.4, -0.2) is 29.9 Å². The number of nitrogens with one attached hydrogen (secondary N) is 3. The number of hydrogen-bond donors (Lipinski definition) is 3. The Labute approximate surface area is 137 Å². The van der Waals surface area contributed by atoms with Crippen LogP contribution in [0.15, 0.2) is 48.0 Å². The number of fused-ring (bicyclic) bond motifs is 1. The molecule has 23 heavy (non-hydrogen) atoms. The molecular formula is C17H17N3O2S. The molecule has 1 unspecified atom stereocenters. The van der Waals surface area contributed by atoms with E-state index in [1.54, 1.807) is 13.1 Å². The molecule has 0 aliphatic heterocycles. The molecule has 0 bridgehead atoms. The SMILES string of the molecule is CNC(=O)C(Cc1c[nH]c2ccccc12)NC(=O)c1cccs1. The van der Waals surface area contributed by atoms with E-state index in [9.17, 15) is 9.59 Å². The van der Waals surface area contributed by atoms with Crippen molar-refractivity contribution >= 4 is 34.1 Å². The zero-order chi connectivity index (χ0) is 16.2. The van der Waals surface area contributed by atoms with Crippen molar-refractivity contribution in [2.45, 2.75) is 12.5 Å². The topological polar surface area (TPSA) is 74.0 Å². The van der Waals surface area contributed by atoms with Gasteiger partial charge in [-0.1, -0.05) is 24.3 Å². The second-order valence-corrected chi connectivity index (χ2v) is 6.13. The highest BCUT2D eigenvalue weighted by atomic mass is 32.1. The molecule has 2 heterocycles. The third-order valence-electron chi connectivity index (χ3n) is 3.71. The summed E-state index contributed by atoms with van der Waals surface area (Å²) in [6, 6.07) is 10.8. The number of rotatable bonds is 5. The largest absolute Gasteiger partial charge is 0.361 e. The van der Waals surface area contributed by atoms with Gasteiger partial charge in [0.05, 0.1) is 4.88 Å². The molecule has 0 saturated heterocycles. The summed E-state index contributed by atoms with van der Waals surface area (Å²) in [6.45, 7) is 0. The summed E-state index contributed by atoms with van der Waals surface area (Å²) in [4.78, 5) is 28.2. The summed E-state index contributed by atoms with van der Waals surface area (Å²) < 4.78 is 0. The van der Waals surface area contributed by atoms with Crippen molar-refractivity contribution in [1.82, 2.24) is 15.6 Å². The van der Waals surface area contributed by atoms with Gasteiger partial charge in [-0.15, -0.1) is 11.3 Å². The van der Waals surface area contributed by atoms with Crippen LogP contribution in [0.2, 0.25) is 0 Å². The lowest BCUT2D eigenvalue weighted by Gasteiger charge is -2.16. The Balaban J connectivity index is 1.82. The molecule has 0 fully saturated rings. The molecule has 5 nitrogen and oxygen atoms in total. The van der Waals surface area contributed by atoms with Crippen molar-refractivity contribution in [3.63, 3.8) is 0 Å². The van der Waals surface area contributed by atoms with Crippen molar-refractivity contribution in [2.24, 2.45) is 0 Å². The molecule has 3 N–H and O–H groups in total. The number of carbonyl (C=O) groups excluding carboxylic acids is 2. The monoisotopic (exact) mass is 327 g/mol. The second-order valence-electron chi connectivity index (χ2n) is 5.18. The highest BCUT2D eigenvalue weighted by Gasteiger charge is 2.22. The number of amides is 2. The maximum absolute atomic E-state index is 12.2. The van der Waals surface area contributed by atoms with Gasteiger partial charge in [-0.2, -0.15) is 0 Å². The molecule has 0 aliphatic carbocycles. The number of aromatic amines is 1. The number of thiophene rings is 1. The Morgan fingerprint density at radius 3 is 2.78 bits per heavy atom. The third kappa shape index (κ3) is 3.27. The van der Waals surface area contributed by atoms with E-state index < -0.39 is 6.04 Å². The molecule has 2 amide bonds. The van der Waals surface area contributed by atoms with Gasteiger partial charge in [0, 0.05) is 30.6 Å². The molecular weight excluding hydrogens is 310 g/mol. The van der Waals surface area contributed by atoms with Gasteiger partial charge in [0.25, 0.3) is 5.91 Å². The zero-order valence-corrected chi connectivity index (χ0v) is 13.4. The summed E-state index contributed by atoms with van der Waals surface area (Å²) in [6.07, 6.45) is 2.32. The lowest BCUT2D eigenvalue weighted by molar-refractivity contribution is -0.122. The van der Waals surface area contributed by atoms with E-state index in [4.69, 9.17) is 0 Å². The quantitative estimate of drug-likeness (QED) is 0.673. The first-order chi connectivity index (χ1) is 11.2. The predicted octanol–water partition coefficient (Wildman–Crippen LogP) is 2.32. The van der Waals surface area contributed by atoms with Gasteiger partial charge in [-0.05, 0) is 23.1 Å². The van der Waals surface area contributed by atoms with E-state index in [1.165, 1.54) is 11.3 Å². The number of H-pyrrole nitrogens is 1. The molecule has 0 spiro atoms. The Morgan fingerprint density at radius 2 is 2.04 bits per heavy atom. The number of aromatic nitrogens is 1. The first-order valence-corrected chi connectivity index (χ1v) is 8.18. The average molecular weight is 327 g/mol. The molecule has 0 saturated carbocycles. The van der Waals surface area contributed by atoms with Crippen molar-refractivity contribution in [3.8, 4) is 0 Å². The Kier molecular flexibility index (Phi) is 4.43. The van der Waals surface area contributed by atoms with Gasteiger partial charge in [0.2, 0.25) is 5.91 Å². The van der Waals surface area contributed by atoms with Gasteiger partial charge >= 0.3 is 0 Å². The van der Waals surface area contributed by atoms with E-state index in [0.29, 0.717) is 11.3 Å². The van der Waals surface area contributed by atoms with Gasteiger partial charge in [-0.3, -0.25) is 9.59 Å². The van der Waals surface area contributed by atoms with Crippen LogP contribution in [0.1, 0.15) is 15.2 Å². The summed E-state index contributed by atoms with van der Waals surface area (Å²) in [5.74, 6) is -0.436. The average Bonchev–Trinajstić information content (AvgIpc) is 3.23. The van der Waals surface area contributed by atoms with Crippen LogP contribution in [-0.2, 0) is 11.2 Å². The first-order valence-electron chi connectivity index (χ1n) is 7.30. The van der Waals surface area contributed by atoms with Crippen molar-refractivity contribution in [1.29, 1.82) is 0 Å². The van der Waals surface area contributed by atoms with E-state index in [1.807, 2.05) is 41.9 Å². The zero-order valence-electron chi connectivity index (χ0n) is 12.6. The smallest absolute Gasteiger partial charge is 0.262 e. The van der Waals surface area contributed by atoms with Crippen LogP contribution in [0, 0.1) is 0 Å². The van der Waals surface area contributed by atoms with Crippen LogP contribution in [0.5, 0.6) is 0 Å². The number of hydrogen-bond acceptors (Lipinski definition) is 3. The molecule has 6 heteroatoms. The number of likely N-dealkylation sites (N-methyl/N-ethyl adjacent to an activating group) is 1. The predicted molar refractivity (Wildman–Crippen MR) is 91.6 cm³/mol.